The van der Waals surface area contributed by atoms with Gasteiger partial charge in [-0.25, -0.2) is 9.78 Å². The summed E-state index contributed by atoms with van der Waals surface area (Å²) in [4.78, 5) is 15.1. The highest BCUT2D eigenvalue weighted by molar-refractivity contribution is 7.10. The van der Waals surface area contributed by atoms with E-state index in [1.165, 1.54) is 0 Å². The van der Waals surface area contributed by atoms with Crippen LogP contribution in [0.2, 0.25) is 0 Å². The van der Waals surface area contributed by atoms with E-state index in [4.69, 9.17) is 5.11 Å². The van der Waals surface area contributed by atoms with Crippen molar-refractivity contribution >= 4 is 35.3 Å². The molecule has 0 aliphatic rings. The molecule has 1 aromatic carbocycles. The van der Waals surface area contributed by atoms with E-state index >= 15 is 0 Å². The molecule has 1 heterocycles. The van der Waals surface area contributed by atoms with Crippen molar-refractivity contribution in [3.63, 3.8) is 0 Å². The summed E-state index contributed by atoms with van der Waals surface area (Å²) in [7, 11) is 0. The Balaban J connectivity index is 2.12. The Morgan fingerprint density at radius 1 is 1.40 bits per heavy atom. The van der Waals surface area contributed by atoms with Crippen LogP contribution in [0, 0.1) is 0 Å². The molecule has 0 saturated carbocycles. The standard InChI is InChI=1S/C15H16N2O2S/c1-10(2)13-9-20-14(17-13)7-6-11-4-3-5-12(8-11)16-15(18)19/h3-10,16H,1-2H3,(H,18,19). The normalized spacial score (nSPS) is 11.2. The molecule has 2 N–H and O–H groups in total. The van der Waals surface area contributed by atoms with E-state index in [1.807, 2.05) is 24.3 Å². The quantitative estimate of drug-likeness (QED) is 0.869. The predicted molar refractivity (Wildman–Crippen MR) is 83.2 cm³/mol. The van der Waals surface area contributed by atoms with Gasteiger partial charge in [0, 0.05) is 11.1 Å². The van der Waals surface area contributed by atoms with Gasteiger partial charge in [-0.05, 0) is 29.7 Å². The maximum Gasteiger partial charge on any atom is 0.409 e. The average molecular weight is 288 g/mol. The van der Waals surface area contributed by atoms with Crippen LogP contribution >= 0.6 is 11.3 Å². The topological polar surface area (TPSA) is 62.2 Å². The lowest BCUT2D eigenvalue weighted by Gasteiger charge is -2.01. The first kappa shape index (κ1) is 14.3. The Morgan fingerprint density at radius 2 is 2.20 bits per heavy atom. The van der Waals surface area contributed by atoms with E-state index in [9.17, 15) is 4.79 Å². The van der Waals surface area contributed by atoms with E-state index in [2.05, 4.69) is 29.5 Å². The molecule has 1 amide bonds. The molecule has 2 aromatic rings. The fraction of sp³-hybridized carbons (Fsp3) is 0.200. The Morgan fingerprint density at radius 3 is 2.85 bits per heavy atom. The number of anilines is 1. The van der Waals surface area contributed by atoms with Crippen molar-refractivity contribution in [2.75, 3.05) is 5.32 Å². The van der Waals surface area contributed by atoms with Gasteiger partial charge < -0.3 is 5.11 Å². The second-order valence-electron chi connectivity index (χ2n) is 4.65. The van der Waals surface area contributed by atoms with Crippen molar-refractivity contribution in [3.05, 3.63) is 45.9 Å². The molecule has 1 aromatic heterocycles. The molecule has 20 heavy (non-hydrogen) atoms. The van der Waals surface area contributed by atoms with Gasteiger partial charge in [-0.2, -0.15) is 0 Å². The molecule has 0 unspecified atom stereocenters. The molecule has 4 nitrogen and oxygen atoms in total. The summed E-state index contributed by atoms with van der Waals surface area (Å²) in [5.41, 5.74) is 2.58. The van der Waals surface area contributed by atoms with E-state index in [-0.39, 0.29) is 0 Å². The van der Waals surface area contributed by atoms with Gasteiger partial charge in [-0.15, -0.1) is 11.3 Å². The van der Waals surface area contributed by atoms with Gasteiger partial charge in [-0.3, -0.25) is 5.32 Å². The van der Waals surface area contributed by atoms with Gasteiger partial charge in [0.1, 0.15) is 5.01 Å². The Bertz CT molecular complexity index is 632. The number of carbonyl (C=O) groups is 1. The van der Waals surface area contributed by atoms with Crippen LogP contribution in [0.4, 0.5) is 10.5 Å². The number of hydrogen-bond donors (Lipinski definition) is 2. The van der Waals surface area contributed by atoms with Gasteiger partial charge in [0.2, 0.25) is 0 Å². The van der Waals surface area contributed by atoms with E-state index in [1.54, 1.807) is 23.5 Å². The van der Waals surface area contributed by atoms with Crippen LogP contribution < -0.4 is 5.32 Å². The van der Waals surface area contributed by atoms with E-state index in [0.29, 0.717) is 11.6 Å². The summed E-state index contributed by atoms with van der Waals surface area (Å²) in [6.07, 6.45) is 2.81. The minimum absolute atomic E-state index is 0.427. The molecule has 0 fully saturated rings. The fourth-order valence-corrected chi connectivity index (χ4v) is 2.52. The highest BCUT2D eigenvalue weighted by atomic mass is 32.1. The van der Waals surface area contributed by atoms with Gasteiger partial charge in [-0.1, -0.05) is 32.1 Å². The second-order valence-corrected chi connectivity index (χ2v) is 5.54. The summed E-state index contributed by atoms with van der Waals surface area (Å²) >= 11 is 1.60. The number of benzene rings is 1. The molecule has 0 bridgehead atoms. The van der Waals surface area contributed by atoms with Gasteiger partial charge in [0.25, 0.3) is 0 Å². The van der Waals surface area contributed by atoms with Crippen LogP contribution in [-0.2, 0) is 0 Å². The molecule has 5 heteroatoms. The zero-order valence-electron chi connectivity index (χ0n) is 11.3. The lowest BCUT2D eigenvalue weighted by atomic mass is 10.2. The molecule has 0 saturated heterocycles. The highest BCUT2D eigenvalue weighted by Crippen LogP contribution is 2.20. The maximum absolute atomic E-state index is 10.6. The zero-order chi connectivity index (χ0) is 14.5. The van der Waals surface area contributed by atoms with Crippen LogP contribution in [0.3, 0.4) is 0 Å². The number of amides is 1. The Kier molecular flexibility index (Phi) is 4.53. The van der Waals surface area contributed by atoms with Crippen molar-refractivity contribution in [1.82, 2.24) is 4.98 Å². The molecule has 0 atom stereocenters. The van der Waals surface area contributed by atoms with Crippen LogP contribution in [0.1, 0.15) is 36.0 Å². The molecule has 0 radical (unpaired) electrons. The van der Waals surface area contributed by atoms with Crippen molar-refractivity contribution in [1.29, 1.82) is 0 Å². The van der Waals surface area contributed by atoms with Crippen molar-refractivity contribution < 1.29 is 9.90 Å². The lowest BCUT2D eigenvalue weighted by molar-refractivity contribution is 0.210. The van der Waals surface area contributed by atoms with Crippen LogP contribution in [0.5, 0.6) is 0 Å². The summed E-state index contributed by atoms with van der Waals surface area (Å²) in [5.74, 6) is 0.427. The number of nitrogens with zero attached hydrogens (tertiary/aromatic N) is 1. The fourth-order valence-electron chi connectivity index (χ4n) is 1.65. The number of thiazole rings is 1. The second kappa shape index (κ2) is 6.34. The molecule has 104 valence electrons. The summed E-state index contributed by atoms with van der Waals surface area (Å²) in [6, 6.07) is 7.22. The minimum Gasteiger partial charge on any atom is -0.465 e. The summed E-state index contributed by atoms with van der Waals surface area (Å²) < 4.78 is 0. The number of hydrogen-bond acceptors (Lipinski definition) is 3. The van der Waals surface area contributed by atoms with Crippen LogP contribution in [-0.4, -0.2) is 16.2 Å². The Hall–Kier alpha value is -2.14. The molecule has 0 spiro atoms. The van der Waals surface area contributed by atoms with Gasteiger partial charge in [0.05, 0.1) is 5.69 Å². The molecular formula is C15H16N2O2S. The first-order valence-corrected chi connectivity index (χ1v) is 7.16. The average Bonchev–Trinajstić information content (AvgIpc) is 2.85. The van der Waals surface area contributed by atoms with Crippen molar-refractivity contribution in [2.45, 2.75) is 19.8 Å². The van der Waals surface area contributed by atoms with Crippen LogP contribution in [0.25, 0.3) is 12.2 Å². The monoisotopic (exact) mass is 288 g/mol. The molecule has 0 aliphatic heterocycles. The highest BCUT2D eigenvalue weighted by Gasteiger charge is 2.03. The van der Waals surface area contributed by atoms with Crippen LogP contribution in [0.15, 0.2) is 29.6 Å². The van der Waals surface area contributed by atoms with Crippen molar-refractivity contribution in [3.8, 4) is 0 Å². The third-order valence-electron chi connectivity index (χ3n) is 2.69. The third kappa shape index (κ3) is 3.93. The van der Waals surface area contributed by atoms with Crippen molar-refractivity contribution in [2.24, 2.45) is 0 Å². The SMILES string of the molecule is CC(C)c1csc(C=Cc2cccc(NC(=O)O)c2)n1. The zero-order valence-corrected chi connectivity index (χ0v) is 12.1. The number of carboxylic acid groups (broad SMARTS) is 1. The van der Waals surface area contributed by atoms with Gasteiger partial charge >= 0.3 is 6.09 Å². The Labute approximate surface area is 121 Å². The smallest absolute Gasteiger partial charge is 0.409 e. The first-order valence-electron chi connectivity index (χ1n) is 6.28. The summed E-state index contributed by atoms with van der Waals surface area (Å²) in [6.45, 7) is 4.23. The lowest BCUT2D eigenvalue weighted by Crippen LogP contribution is -2.06. The molecule has 0 aliphatic carbocycles. The maximum atomic E-state index is 10.6. The molecular weight excluding hydrogens is 272 g/mol. The predicted octanol–water partition coefficient (Wildman–Crippen LogP) is 4.53. The molecule has 2 rings (SSSR count). The number of rotatable bonds is 4. The summed E-state index contributed by atoms with van der Waals surface area (Å²) in [5, 5.41) is 14.0. The van der Waals surface area contributed by atoms with Gasteiger partial charge in [0.15, 0.2) is 0 Å². The third-order valence-corrected chi connectivity index (χ3v) is 3.52. The van der Waals surface area contributed by atoms with E-state index < -0.39 is 6.09 Å². The largest absolute Gasteiger partial charge is 0.465 e. The number of aromatic nitrogens is 1. The number of nitrogens with one attached hydrogen (secondary N) is 1. The first-order chi connectivity index (χ1) is 9.54. The van der Waals surface area contributed by atoms with E-state index in [0.717, 1.165) is 16.3 Å². The minimum atomic E-state index is -1.06.